The monoisotopic (exact) mass is 174 g/mol. The van der Waals surface area contributed by atoms with E-state index in [-0.39, 0.29) is 18.6 Å². The summed E-state index contributed by atoms with van der Waals surface area (Å²) in [4.78, 5) is 12.9. The van der Waals surface area contributed by atoms with Gasteiger partial charge < -0.3 is 15.7 Å². The first-order valence-corrected chi connectivity index (χ1v) is 4.26. The normalized spacial score (nSPS) is 12.7. The van der Waals surface area contributed by atoms with Gasteiger partial charge in [0.1, 0.15) is 0 Å². The lowest BCUT2D eigenvalue weighted by Gasteiger charge is -2.20. The van der Waals surface area contributed by atoms with Crippen molar-refractivity contribution in [3.8, 4) is 0 Å². The summed E-state index contributed by atoms with van der Waals surface area (Å²) in [7, 11) is 0. The summed E-state index contributed by atoms with van der Waals surface area (Å²) in [6.07, 6.45) is 0.355. The van der Waals surface area contributed by atoms with Crippen LogP contribution in [-0.4, -0.2) is 41.7 Å². The Kier molecular flexibility index (Phi) is 5.66. The molecule has 1 atom stereocenters. The molecular formula is C8H18N2O2. The highest BCUT2D eigenvalue weighted by molar-refractivity contribution is 5.76. The van der Waals surface area contributed by atoms with Crippen LogP contribution in [0.3, 0.4) is 0 Å². The minimum Gasteiger partial charge on any atom is -0.395 e. The minimum absolute atomic E-state index is 0.0124. The standard InChI is InChI=1S/C8H18N2O2/c1-3-10(4-5-11)8(12)6-7(2)9/h7,11H,3-6,9H2,1-2H3. The van der Waals surface area contributed by atoms with E-state index in [4.69, 9.17) is 10.8 Å². The molecule has 0 aromatic rings. The average Bonchev–Trinajstić information content (AvgIpc) is 1.98. The van der Waals surface area contributed by atoms with E-state index in [2.05, 4.69) is 0 Å². The van der Waals surface area contributed by atoms with Gasteiger partial charge in [-0.3, -0.25) is 4.79 Å². The molecule has 0 rings (SSSR count). The molecule has 0 fully saturated rings. The number of rotatable bonds is 5. The molecule has 12 heavy (non-hydrogen) atoms. The van der Waals surface area contributed by atoms with Crippen molar-refractivity contribution in [2.24, 2.45) is 5.73 Å². The summed E-state index contributed by atoms with van der Waals surface area (Å²) in [5, 5.41) is 8.63. The average molecular weight is 174 g/mol. The number of hydrogen-bond donors (Lipinski definition) is 2. The molecule has 0 aromatic heterocycles. The first-order valence-electron chi connectivity index (χ1n) is 4.26. The molecule has 0 aliphatic heterocycles. The number of nitrogens with zero attached hydrogens (tertiary/aromatic N) is 1. The fourth-order valence-electron chi connectivity index (χ4n) is 0.984. The second-order valence-electron chi connectivity index (χ2n) is 2.88. The van der Waals surface area contributed by atoms with Crippen LogP contribution in [0, 0.1) is 0 Å². The van der Waals surface area contributed by atoms with E-state index in [9.17, 15) is 4.79 Å². The lowest BCUT2D eigenvalue weighted by atomic mass is 10.2. The number of carbonyl (C=O) groups is 1. The molecule has 0 aliphatic carbocycles. The van der Waals surface area contributed by atoms with Crippen molar-refractivity contribution >= 4 is 5.91 Å². The number of hydrogen-bond acceptors (Lipinski definition) is 3. The molecule has 0 heterocycles. The van der Waals surface area contributed by atoms with Gasteiger partial charge in [-0.15, -0.1) is 0 Å². The Morgan fingerprint density at radius 1 is 1.67 bits per heavy atom. The van der Waals surface area contributed by atoms with Gasteiger partial charge in [-0.25, -0.2) is 0 Å². The van der Waals surface area contributed by atoms with Crippen molar-refractivity contribution in [3.05, 3.63) is 0 Å². The summed E-state index contributed by atoms with van der Waals surface area (Å²) in [6.45, 7) is 4.73. The Labute approximate surface area is 73.3 Å². The van der Waals surface area contributed by atoms with Gasteiger partial charge in [-0.1, -0.05) is 0 Å². The van der Waals surface area contributed by atoms with Gasteiger partial charge in [-0.05, 0) is 13.8 Å². The molecule has 0 aliphatic rings. The van der Waals surface area contributed by atoms with Crippen molar-refractivity contribution in [3.63, 3.8) is 0 Å². The topological polar surface area (TPSA) is 66.6 Å². The van der Waals surface area contributed by atoms with Gasteiger partial charge in [0.15, 0.2) is 0 Å². The van der Waals surface area contributed by atoms with Crippen molar-refractivity contribution in [2.45, 2.75) is 26.3 Å². The van der Waals surface area contributed by atoms with Crippen LogP contribution in [0.1, 0.15) is 20.3 Å². The molecule has 0 aromatic carbocycles. The summed E-state index contributed by atoms with van der Waals surface area (Å²) < 4.78 is 0. The maximum Gasteiger partial charge on any atom is 0.224 e. The van der Waals surface area contributed by atoms with Crippen LogP contribution in [0.2, 0.25) is 0 Å². The Morgan fingerprint density at radius 3 is 2.58 bits per heavy atom. The highest BCUT2D eigenvalue weighted by atomic mass is 16.3. The third-order valence-corrected chi connectivity index (χ3v) is 1.60. The fraction of sp³-hybridized carbons (Fsp3) is 0.875. The SMILES string of the molecule is CCN(CCO)C(=O)CC(C)N. The third kappa shape index (κ3) is 4.31. The van der Waals surface area contributed by atoms with Gasteiger partial charge in [-0.2, -0.15) is 0 Å². The van der Waals surface area contributed by atoms with Crippen LogP contribution in [0.15, 0.2) is 0 Å². The summed E-state index contributed by atoms with van der Waals surface area (Å²) >= 11 is 0. The van der Waals surface area contributed by atoms with Gasteiger partial charge >= 0.3 is 0 Å². The highest BCUT2D eigenvalue weighted by Gasteiger charge is 2.11. The van der Waals surface area contributed by atoms with Gasteiger partial charge in [0.2, 0.25) is 5.91 Å². The molecule has 0 radical (unpaired) electrons. The number of likely N-dealkylation sites (N-methyl/N-ethyl adjacent to an activating group) is 1. The quantitative estimate of drug-likeness (QED) is 0.594. The molecule has 1 amide bonds. The highest BCUT2D eigenvalue weighted by Crippen LogP contribution is 1.95. The first kappa shape index (κ1) is 11.4. The van der Waals surface area contributed by atoms with Crippen LogP contribution in [0.4, 0.5) is 0 Å². The molecule has 72 valence electrons. The lowest BCUT2D eigenvalue weighted by molar-refractivity contribution is -0.131. The Balaban J connectivity index is 3.85. The Hall–Kier alpha value is -0.610. The molecule has 0 bridgehead atoms. The van der Waals surface area contributed by atoms with Crippen molar-refractivity contribution in [2.75, 3.05) is 19.7 Å². The van der Waals surface area contributed by atoms with Crippen LogP contribution in [0.25, 0.3) is 0 Å². The minimum atomic E-state index is -0.106. The maximum atomic E-state index is 11.3. The molecule has 3 N–H and O–H groups in total. The zero-order valence-electron chi connectivity index (χ0n) is 7.79. The first-order chi connectivity index (χ1) is 5.61. The number of carbonyl (C=O) groups excluding carboxylic acids is 1. The Morgan fingerprint density at radius 2 is 2.25 bits per heavy atom. The van der Waals surface area contributed by atoms with Crippen LogP contribution in [0.5, 0.6) is 0 Å². The van der Waals surface area contributed by atoms with Gasteiger partial charge in [0.05, 0.1) is 6.61 Å². The number of aliphatic hydroxyl groups is 1. The second kappa shape index (κ2) is 5.97. The predicted octanol–water partition coefficient (Wildman–Crippen LogP) is -0.435. The largest absolute Gasteiger partial charge is 0.395 e. The molecule has 1 unspecified atom stereocenters. The maximum absolute atomic E-state index is 11.3. The fourth-order valence-corrected chi connectivity index (χ4v) is 0.984. The summed E-state index contributed by atoms with van der Waals surface area (Å²) in [6, 6.07) is -0.106. The van der Waals surface area contributed by atoms with Gasteiger partial charge in [0, 0.05) is 25.6 Å². The van der Waals surface area contributed by atoms with E-state index in [1.165, 1.54) is 0 Å². The third-order valence-electron chi connectivity index (χ3n) is 1.60. The van der Waals surface area contributed by atoms with Crippen molar-refractivity contribution in [1.82, 2.24) is 4.90 Å². The number of aliphatic hydroxyl groups excluding tert-OH is 1. The van der Waals surface area contributed by atoms with E-state index < -0.39 is 0 Å². The van der Waals surface area contributed by atoms with Crippen LogP contribution >= 0.6 is 0 Å². The molecule has 4 heteroatoms. The van der Waals surface area contributed by atoms with E-state index in [1.54, 1.807) is 11.8 Å². The molecule has 0 saturated carbocycles. The lowest BCUT2D eigenvalue weighted by Crippen LogP contribution is -2.36. The van der Waals surface area contributed by atoms with E-state index in [0.29, 0.717) is 19.5 Å². The zero-order chi connectivity index (χ0) is 9.56. The molecular weight excluding hydrogens is 156 g/mol. The summed E-state index contributed by atoms with van der Waals surface area (Å²) in [5.74, 6) is 0.0153. The van der Waals surface area contributed by atoms with Crippen LogP contribution < -0.4 is 5.73 Å². The number of nitrogens with two attached hydrogens (primary N) is 1. The van der Waals surface area contributed by atoms with E-state index in [0.717, 1.165) is 0 Å². The van der Waals surface area contributed by atoms with Crippen molar-refractivity contribution < 1.29 is 9.90 Å². The Bertz CT molecular complexity index is 137. The smallest absolute Gasteiger partial charge is 0.224 e. The molecule has 4 nitrogen and oxygen atoms in total. The summed E-state index contributed by atoms with van der Waals surface area (Å²) in [5.41, 5.74) is 5.47. The zero-order valence-corrected chi connectivity index (χ0v) is 7.79. The predicted molar refractivity (Wildman–Crippen MR) is 47.6 cm³/mol. The second-order valence-corrected chi connectivity index (χ2v) is 2.88. The number of amides is 1. The molecule has 0 saturated heterocycles. The van der Waals surface area contributed by atoms with E-state index >= 15 is 0 Å². The van der Waals surface area contributed by atoms with Crippen LogP contribution in [-0.2, 0) is 4.79 Å². The van der Waals surface area contributed by atoms with E-state index in [1.807, 2.05) is 6.92 Å². The van der Waals surface area contributed by atoms with Gasteiger partial charge in [0.25, 0.3) is 0 Å². The van der Waals surface area contributed by atoms with Crippen molar-refractivity contribution in [1.29, 1.82) is 0 Å². The molecule has 0 spiro atoms.